The molecular formula is C24H23N5O2S2. The molecule has 0 unspecified atom stereocenters. The van der Waals surface area contributed by atoms with Gasteiger partial charge >= 0.3 is 0 Å². The van der Waals surface area contributed by atoms with Crippen LogP contribution in [0.5, 0.6) is 0 Å². The zero-order valence-corrected chi connectivity index (χ0v) is 19.4. The van der Waals surface area contributed by atoms with Crippen LogP contribution < -0.4 is 10.6 Å². The van der Waals surface area contributed by atoms with E-state index in [1.165, 1.54) is 16.6 Å². The Hall–Kier alpha value is -3.43. The average Bonchev–Trinajstić information content (AvgIpc) is 3.53. The van der Waals surface area contributed by atoms with Gasteiger partial charge in [-0.1, -0.05) is 60.3 Å². The third-order valence-corrected chi connectivity index (χ3v) is 6.75. The summed E-state index contributed by atoms with van der Waals surface area (Å²) in [4.78, 5) is 26.6. The normalized spacial score (nSPS) is 10.7. The van der Waals surface area contributed by atoms with Crippen molar-refractivity contribution in [2.24, 2.45) is 0 Å². The zero-order chi connectivity index (χ0) is 22.9. The number of anilines is 1. The molecule has 0 radical (unpaired) electrons. The average molecular weight is 478 g/mol. The molecule has 0 atom stereocenters. The summed E-state index contributed by atoms with van der Waals surface area (Å²) in [5.41, 5.74) is 1.91. The van der Waals surface area contributed by atoms with E-state index in [4.69, 9.17) is 0 Å². The molecule has 0 bridgehead atoms. The number of amides is 2. The number of aryl methyl sites for hydroxylation is 2. The number of nitrogens with one attached hydrogen (secondary N) is 2. The van der Waals surface area contributed by atoms with E-state index < -0.39 is 0 Å². The number of thiophene rings is 1. The number of aromatic nitrogens is 3. The molecule has 168 valence electrons. The van der Waals surface area contributed by atoms with Gasteiger partial charge in [0, 0.05) is 18.0 Å². The highest BCUT2D eigenvalue weighted by Crippen LogP contribution is 2.19. The first-order valence-electron chi connectivity index (χ1n) is 10.4. The molecule has 7 nitrogen and oxygen atoms in total. The van der Waals surface area contributed by atoms with Crippen LogP contribution in [0.25, 0.3) is 0 Å². The molecule has 0 fully saturated rings. The molecule has 0 spiro atoms. The molecule has 0 aliphatic carbocycles. The lowest BCUT2D eigenvalue weighted by atomic mass is 10.1. The molecule has 9 heteroatoms. The van der Waals surface area contributed by atoms with Gasteiger partial charge in [-0.15, -0.1) is 21.5 Å². The second-order valence-corrected chi connectivity index (χ2v) is 9.16. The smallest absolute Gasteiger partial charge is 0.253 e. The molecule has 2 amide bonds. The lowest BCUT2D eigenvalue weighted by molar-refractivity contribution is -0.113. The highest BCUT2D eigenvalue weighted by molar-refractivity contribution is 7.99. The van der Waals surface area contributed by atoms with Gasteiger partial charge in [0.2, 0.25) is 5.91 Å². The largest absolute Gasteiger partial charge is 0.348 e. The summed E-state index contributed by atoms with van der Waals surface area (Å²) >= 11 is 3.04. The third-order valence-electron chi connectivity index (χ3n) is 4.83. The number of carbonyl (C=O) groups excluding carboxylic acids is 2. The molecule has 0 aliphatic heterocycles. The molecule has 0 aliphatic rings. The summed E-state index contributed by atoms with van der Waals surface area (Å²) in [6, 6.07) is 20.8. The number of para-hydroxylation sites is 1. The molecule has 2 heterocycles. The van der Waals surface area contributed by atoms with Crippen molar-refractivity contribution in [1.82, 2.24) is 20.1 Å². The van der Waals surface area contributed by atoms with E-state index >= 15 is 0 Å². The van der Waals surface area contributed by atoms with Crippen LogP contribution in [-0.2, 0) is 24.3 Å². The van der Waals surface area contributed by atoms with E-state index in [1.807, 2.05) is 41.0 Å². The van der Waals surface area contributed by atoms with Gasteiger partial charge in [-0.25, -0.2) is 0 Å². The highest BCUT2D eigenvalue weighted by atomic mass is 32.2. The predicted molar refractivity (Wildman–Crippen MR) is 131 cm³/mol. The molecular weight excluding hydrogens is 454 g/mol. The first-order chi connectivity index (χ1) is 16.2. The Balaban J connectivity index is 1.31. The predicted octanol–water partition coefficient (Wildman–Crippen LogP) is 4.24. The van der Waals surface area contributed by atoms with Crippen molar-refractivity contribution in [3.05, 3.63) is 94.4 Å². The number of hydrogen-bond donors (Lipinski definition) is 2. The van der Waals surface area contributed by atoms with Crippen molar-refractivity contribution in [1.29, 1.82) is 0 Å². The zero-order valence-electron chi connectivity index (χ0n) is 17.8. The van der Waals surface area contributed by atoms with Crippen LogP contribution in [0.4, 0.5) is 5.69 Å². The van der Waals surface area contributed by atoms with E-state index in [1.54, 1.807) is 41.9 Å². The van der Waals surface area contributed by atoms with Gasteiger partial charge in [0.15, 0.2) is 5.16 Å². The highest BCUT2D eigenvalue weighted by Gasteiger charge is 2.14. The standard InChI is InChI=1S/C24H23N5O2S2/c30-22(16-33-24-28-26-17-29(24)13-12-19-9-6-14-32-19)27-21-11-5-4-10-20(21)23(31)25-15-18-7-2-1-3-8-18/h1-11,14,17H,12-13,15-16H2,(H,25,31)(H,27,30). The Morgan fingerprint density at radius 1 is 1.00 bits per heavy atom. The van der Waals surface area contributed by atoms with Crippen molar-refractivity contribution in [2.75, 3.05) is 11.1 Å². The minimum Gasteiger partial charge on any atom is -0.348 e. The van der Waals surface area contributed by atoms with E-state index in [9.17, 15) is 9.59 Å². The van der Waals surface area contributed by atoms with Crippen LogP contribution in [0.2, 0.25) is 0 Å². The number of thioether (sulfide) groups is 1. The Kier molecular flexibility index (Phi) is 7.89. The Morgan fingerprint density at radius 2 is 1.82 bits per heavy atom. The number of rotatable bonds is 10. The van der Waals surface area contributed by atoms with Crippen LogP contribution in [0.3, 0.4) is 0 Å². The maximum Gasteiger partial charge on any atom is 0.253 e. The summed E-state index contributed by atoms with van der Waals surface area (Å²) in [7, 11) is 0. The molecule has 2 aromatic carbocycles. The van der Waals surface area contributed by atoms with E-state index in [0.717, 1.165) is 18.5 Å². The van der Waals surface area contributed by atoms with Gasteiger partial charge in [0.25, 0.3) is 5.91 Å². The fourth-order valence-corrected chi connectivity index (χ4v) is 4.61. The summed E-state index contributed by atoms with van der Waals surface area (Å²) < 4.78 is 1.95. The van der Waals surface area contributed by atoms with Gasteiger partial charge in [0.05, 0.1) is 17.0 Å². The number of hydrogen-bond acceptors (Lipinski definition) is 6. The molecule has 2 N–H and O–H groups in total. The second kappa shape index (κ2) is 11.4. The van der Waals surface area contributed by atoms with Gasteiger partial charge in [-0.2, -0.15) is 0 Å². The topological polar surface area (TPSA) is 88.9 Å². The van der Waals surface area contributed by atoms with Crippen molar-refractivity contribution < 1.29 is 9.59 Å². The quantitative estimate of drug-likeness (QED) is 0.334. The lowest BCUT2D eigenvalue weighted by Gasteiger charge is -2.11. The monoisotopic (exact) mass is 477 g/mol. The lowest BCUT2D eigenvalue weighted by Crippen LogP contribution is -2.25. The number of nitrogens with zero attached hydrogens (tertiary/aromatic N) is 3. The van der Waals surface area contributed by atoms with Crippen LogP contribution in [0, 0.1) is 0 Å². The van der Waals surface area contributed by atoms with Crippen molar-refractivity contribution >= 4 is 40.6 Å². The first kappa shape index (κ1) is 22.8. The molecule has 4 rings (SSSR count). The van der Waals surface area contributed by atoms with Crippen molar-refractivity contribution in [2.45, 2.75) is 24.7 Å². The van der Waals surface area contributed by atoms with E-state index in [-0.39, 0.29) is 17.6 Å². The summed E-state index contributed by atoms with van der Waals surface area (Å²) in [5.74, 6) is -0.288. The molecule has 0 saturated carbocycles. The second-order valence-electron chi connectivity index (χ2n) is 7.19. The van der Waals surface area contributed by atoms with Gasteiger partial charge in [-0.3, -0.25) is 9.59 Å². The fraction of sp³-hybridized carbons (Fsp3) is 0.167. The van der Waals surface area contributed by atoms with Crippen LogP contribution in [0.15, 0.2) is 83.6 Å². The van der Waals surface area contributed by atoms with Crippen LogP contribution in [-0.4, -0.2) is 32.3 Å². The first-order valence-corrected chi connectivity index (χ1v) is 12.3. The van der Waals surface area contributed by atoms with E-state index in [0.29, 0.717) is 23.0 Å². The van der Waals surface area contributed by atoms with Gasteiger partial charge in [-0.05, 0) is 35.6 Å². The fourth-order valence-electron chi connectivity index (χ4n) is 3.17. The summed E-state index contributed by atoms with van der Waals surface area (Å²) in [6.07, 6.45) is 2.57. The molecule has 0 saturated heterocycles. The van der Waals surface area contributed by atoms with Gasteiger partial charge < -0.3 is 15.2 Å². The number of carbonyl (C=O) groups is 2. The maximum atomic E-state index is 12.7. The minimum atomic E-state index is -0.240. The van der Waals surface area contributed by atoms with E-state index in [2.05, 4.69) is 32.3 Å². The maximum absolute atomic E-state index is 12.7. The number of benzene rings is 2. The molecule has 2 aromatic heterocycles. The summed E-state index contributed by atoms with van der Waals surface area (Å²) in [5, 5.41) is 16.6. The molecule has 4 aromatic rings. The summed E-state index contributed by atoms with van der Waals surface area (Å²) in [6.45, 7) is 1.17. The van der Waals surface area contributed by atoms with Crippen LogP contribution in [0.1, 0.15) is 20.8 Å². The van der Waals surface area contributed by atoms with Crippen LogP contribution >= 0.6 is 23.1 Å². The Morgan fingerprint density at radius 3 is 2.64 bits per heavy atom. The third kappa shape index (κ3) is 6.53. The molecule has 33 heavy (non-hydrogen) atoms. The van der Waals surface area contributed by atoms with Crippen molar-refractivity contribution in [3.63, 3.8) is 0 Å². The Bertz CT molecular complexity index is 1190. The Labute approximate surface area is 200 Å². The van der Waals surface area contributed by atoms with Crippen molar-refractivity contribution in [3.8, 4) is 0 Å². The minimum absolute atomic E-state index is 0.164. The van der Waals surface area contributed by atoms with Gasteiger partial charge in [0.1, 0.15) is 6.33 Å². The SMILES string of the molecule is O=C(CSc1nncn1CCc1cccs1)Nc1ccccc1C(=O)NCc1ccccc1.